The summed E-state index contributed by atoms with van der Waals surface area (Å²) in [6.07, 6.45) is 2.21. The van der Waals surface area contributed by atoms with E-state index in [0.29, 0.717) is 6.42 Å². The summed E-state index contributed by atoms with van der Waals surface area (Å²) < 4.78 is 5.28. The number of carboxylic acid groups (broad SMARTS) is 1. The lowest BCUT2D eigenvalue weighted by Crippen LogP contribution is -2.38. The van der Waals surface area contributed by atoms with Crippen LogP contribution in [-0.2, 0) is 14.3 Å². The Bertz CT molecular complexity index is 294. The van der Waals surface area contributed by atoms with Gasteiger partial charge in [-0.1, -0.05) is 13.8 Å². The first-order valence-electron chi connectivity index (χ1n) is 6.07. The molecular weight excluding hydrogens is 252 g/mol. The summed E-state index contributed by atoms with van der Waals surface area (Å²) in [5.41, 5.74) is -0.591. The number of thioether (sulfide) groups is 1. The average molecular weight is 276 g/mol. The van der Waals surface area contributed by atoms with Crippen LogP contribution in [0.2, 0.25) is 0 Å². The van der Waals surface area contributed by atoms with Crippen molar-refractivity contribution in [1.29, 1.82) is 0 Å². The van der Waals surface area contributed by atoms with Crippen LogP contribution in [0, 0.1) is 11.8 Å². The van der Waals surface area contributed by atoms with Crippen LogP contribution >= 0.6 is 11.8 Å². The van der Waals surface area contributed by atoms with Gasteiger partial charge in [-0.05, 0) is 39.4 Å². The summed E-state index contributed by atoms with van der Waals surface area (Å²) in [7, 11) is 0. The second-order valence-corrected chi connectivity index (χ2v) is 6.74. The van der Waals surface area contributed by atoms with E-state index in [1.54, 1.807) is 27.0 Å². The molecule has 0 unspecified atom stereocenters. The Kier molecular flexibility index (Phi) is 6.74. The smallest absolute Gasteiger partial charge is 0.320 e. The minimum atomic E-state index is -0.936. The van der Waals surface area contributed by atoms with Gasteiger partial charge in [0.2, 0.25) is 0 Å². The molecular formula is C13H24O4S. The van der Waals surface area contributed by atoms with E-state index in [2.05, 4.69) is 0 Å². The third-order valence-corrected chi connectivity index (χ3v) is 3.33. The van der Waals surface area contributed by atoms with Gasteiger partial charge in [0.15, 0.2) is 0 Å². The van der Waals surface area contributed by atoms with Gasteiger partial charge < -0.3 is 9.84 Å². The number of ether oxygens (including phenoxy) is 1. The molecule has 4 nitrogen and oxygen atoms in total. The predicted molar refractivity (Wildman–Crippen MR) is 73.7 cm³/mol. The highest BCUT2D eigenvalue weighted by atomic mass is 32.2. The molecule has 106 valence electrons. The number of esters is 1. The number of hydrogen-bond acceptors (Lipinski definition) is 4. The third-order valence-electron chi connectivity index (χ3n) is 2.30. The van der Waals surface area contributed by atoms with Crippen LogP contribution in [0.25, 0.3) is 0 Å². The van der Waals surface area contributed by atoms with Crippen molar-refractivity contribution in [2.24, 2.45) is 11.8 Å². The molecule has 2 atom stereocenters. The molecule has 0 aromatic heterocycles. The number of carbonyl (C=O) groups excluding carboxylic acids is 1. The first kappa shape index (κ1) is 17.3. The maximum absolute atomic E-state index is 12.0. The Morgan fingerprint density at radius 1 is 1.28 bits per heavy atom. The van der Waals surface area contributed by atoms with Crippen LogP contribution in [0.4, 0.5) is 0 Å². The molecule has 0 aliphatic carbocycles. The molecule has 0 bridgehead atoms. The molecule has 0 aliphatic rings. The van der Waals surface area contributed by atoms with Crippen molar-refractivity contribution in [2.75, 3.05) is 6.26 Å². The maximum atomic E-state index is 12.0. The fourth-order valence-electron chi connectivity index (χ4n) is 1.65. The highest BCUT2D eigenvalue weighted by Gasteiger charge is 2.36. The number of carboxylic acids is 1. The van der Waals surface area contributed by atoms with Gasteiger partial charge in [0, 0.05) is 0 Å². The third kappa shape index (κ3) is 6.28. The monoisotopic (exact) mass is 276 g/mol. The van der Waals surface area contributed by atoms with Gasteiger partial charge in [-0.15, -0.1) is 11.8 Å². The highest BCUT2D eigenvalue weighted by molar-refractivity contribution is 7.99. The zero-order chi connectivity index (χ0) is 14.5. The molecule has 0 amide bonds. The molecule has 0 aromatic rings. The Morgan fingerprint density at radius 3 is 2.06 bits per heavy atom. The topological polar surface area (TPSA) is 63.6 Å². The molecule has 0 rings (SSSR count). The standard InChI is InChI=1S/C13H24O4S/c1-8(2)7-9(11(14)15)10(18-6)12(16)17-13(3,4)5/h8-10H,7H2,1-6H3,(H,14,15)/t9-,10-/m1/s1. The minimum absolute atomic E-state index is 0.225. The number of aliphatic carboxylic acids is 1. The lowest BCUT2D eigenvalue weighted by atomic mass is 9.94. The van der Waals surface area contributed by atoms with Gasteiger partial charge in [-0.3, -0.25) is 9.59 Å². The van der Waals surface area contributed by atoms with Crippen LogP contribution in [-0.4, -0.2) is 34.2 Å². The molecule has 0 aromatic carbocycles. The number of carbonyl (C=O) groups is 2. The minimum Gasteiger partial charge on any atom is -0.481 e. The van der Waals surface area contributed by atoms with Crippen LogP contribution in [0.15, 0.2) is 0 Å². The summed E-state index contributed by atoms with van der Waals surface area (Å²) in [6, 6.07) is 0. The zero-order valence-electron chi connectivity index (χ0n) is 12.0. The Labute approximate surface area is 113 Å². The normalized spacial score (nSPS) is 15.3. The fraction of sp³-hybridized carbons (Fsp3) is 0.846. The van der Waals surface area contributed by atoms with Gasteiger partial charge in [0.25, 0.3) is 0 Å². The van der Waals surface area contributed by atoms with Gasteiger partial charge in [-0.2, -0.15) is 0 Å². The Hall–Kier alpha value is -0.710. The summed E-state index contributed by atoms with van der Waals surface area (Å²) in [6.45, 7) is 9.23. The van der Waals surface area contributed by atoms with E-state index in [0.717, 1.165) is 0 Å². The van der Waals surface area contributed by atoms with E-state index in [1.807, 2.05) is 13.8 Å². The van der Waals surface area contributed by atoms with Crippen LogP contribution < -0.4 is 0 Å². The number of hydrogen-bond donors (Lipinski definition) is 1. The summed E-state index contributed by atoms with van der Waals surface area (Å²) in [4.78, 5) is 23.3. The quantitative estimate of drug-likeness (QED) is 0.756. The van der Waals surface area contributed by atoms with Crippen LogP contribution in [0.1, 0.15) is 41.0 Å². The molecule has 18 heavy (non-hydrogen) atoms. The van der Waals surface area contributed by atoms with E-state index in [-0.39, 0.29) is 5.92 Å². The van der Waals surface area contributed by atoms with Crippen molar-refractivity contribution in [3.05, 3.63) is 0 Å². The number of rotatable bonds is 6. The van der Waals surface area contributed by atoms with Crippen molar-refractivity contribution in [3.63, 3.8) is 0 Å². The van der Waals surface area contributed by atoms with E-state index in [1.165, 1.54) is 11.8 Å². The van der Waals surface area contributed by atoms with E-state index < -0.39 is 28.7 Å². The van der Waals surface area contributed by atoms with Crippen molar-refractivity contribution in [3.8, 4) is 0 Å². The molecule has 1 N–H and O–H groups in total. The molecule has 0 heterocycles. The van der Waals surface area contributed by atoms with Gasteiger partial charge in [-0.25, -0.2) is 0 Å². The SMILES string of the molecule is CS[C@@H](C(=O)OC(C)(C)C)[C@@H](CC(C)C)C(=O)O. The largest absolute Gasteiger partial charge is 0.481 e. The Balaban J connectivity index is 4.90. The van der Waals surface area contributed by atoms with E-state index in [9.17, 15) is 14.7 Å². The van der Waals surface area contributed by atoms with Crippen LogP contribution in [0.3, 0.4) is 0 Å². The first-order valence-corrected chi connectivity index (χ1v) is 7.35. The molecule has 0 fully saturated rings. The second-order valence-electron chi connectivity index (χ2n) is 5.76. The summed E-state index contributed by atoms with van der Waals surface area (Å²) in [5.74, 6) is -1.85. The summed E-state index contributed by atoms with van der Waals surface area (Å²) in [5, 5.41) is 8.60. The van der Waals surface area contributed by atoms with Crippen LogP contribution in [0.5, 0.6) is 0 Å². The lowest BCUT2D eigenvalue weighted by Gasteiger charge is -2.26. The molecule has 0 aliphatic heterocycles. The van der Waals surface area contributed by atoms with Gasteiger partial charge >= 0.3 is 11.9 Å². The zero-order valence-corrected chi connectivity index (χ0v) is 12.8. The molecule has 0 radical (unpaired) electrons. The van der Waals surface area contributed by atoms with Gasteiger partial charge in [0.1, 0.15) is 10.9 Å². The molecule has 0 spiro atoms. The van der Waals surface area contributed by atoms with E-state index >= 15 is 0 Å². The first-order chi connectivity index (χ1) is 8.08. The molecule has 0 saturated heterocycles. The predicted octanol–water partition coefficient (Wildman–Crippen LogP) is 2.81. The van der Waals surface area contributed by atoms with Crippen molar-refractivity contribution < 1.29 is 19.4 Å². The van der Waals surface area contributed by atoms with Gasteiger partial charge in [0.05, 0.1) is 5.92 Å². The molecule has 5 heteroatoms. The molecule has 0 saturated carbocycles. The van der Waals surface area contributed by atoms with E-state index in [4.69, 9.17) is 4.74 Å². The van der Waals surface area contributed by atoms with Crippen molar-refractivity contribution in [1.82, 2.24) is 0 Å². The fourth-order valence-corrected chi connectivity index (χ4v) is 2.44. The van der Waals surface area contributed by atoms with Crippen molar-refractivity contribution >= 4 is 23.7 Å². The highest BCUT2D eigenvalue weighted by Crippen LogP contribution is 2.27. The van der Waals surface area contributed by atoms with Crippen molar-refractivity contribution in [2.45, 2.75) is 51.9 Å². The second kappa shape index (κ2) is 7.02. The maximum Gasteiger partial charge on any atom is 0.320 e. The Morgan fingerprint density at radius 2 is 1.78 bits per heavy atom. The average Bonchev–Trinajstić information content (AvgIpc) is 2.13. The lowest BCUT2D eigenvalue weighted by molar-refractivity contribution is -0.159. The summed E-state index contributed by atoms with van der Waals surface area (Å²) >= 11 is 1.24.